The average Bonchev–Trinajstić information content (AvgIpc) is 1.83. The van der Waals surface area contributed by atoms with Gasteiger partial charge >= 0.3 is 66.9 Å². The predicted molar refractivity (Wildman–Crippen MR) is 34.4 cm³/mol. The van der Waals surface area contributed by atoms with Crippen molar-refractivity contribution in [2.45, 2.75) is 6.10 Å². The minimum absolute atomic E-state index is 0. The molecule has 0 amide bonds. The average molecular weight is 236 g/mol. The van der Waals surface area contributed by atoms with Crippen LogP contribution in [0.4, 0.5) is 0 Å². The molecule has 70 valence electrons. The first-order valence-electron chi connectivity index (χ1n) is 2.49. The monoisotopic (exact) mass is 236 g/mol. The van der Waals surface area contributed by atoms with E-state index in [2.05, 4.69) is 0 Å². The van der Waals surface area contributed by atoms with Crippen molar-refractivity contribution in [1.82, 2.24) is 0 Å². The van der Waals surface area contributed by atoms with Gasteiger partial charge < -0.3 is 30.0 Å². The maximum atomic E-state index is 8.88. The van der Waals surface area contributed by atoms with E-state index in [1.807, 2.05) is 0 Å². The molecule has 0 aromatic heterocycles. The van der Waals surface area contributed by atoms with Crippen LogP contribution in [0.25, 0.3) is 0 Å². The zero-order chi connectivity index (χ0) is 9.49. The molecule has 0 aliphatic carbocycles. The third-order valence-electron chi connectivity index (χ3n) is 0.421. The Hall–Kier alpha value is 1.99. The van der Waals surface area contributed by atoms with Crippen LogP contribution >= 0.6 is 7.82 Å². The summed E-state index contributed by atoms with van der Waals surface area (Å²) in [5, 5.41) is 24.0. The van der Waals surface area contributed by atoms with Gasteiger partial charge in [0, 0.05) is 0 Å². The van der Waals surface area contributed by atoms with Gasteiger partial charge in [-0.3, -0.25) is 0 Å². The minimum atomic E-state index is -4.64. The van der Waals surface area contributed by atoms with E-state index in [1.54, 1.807) is 0 Å². The van der Waals surface area contributed by atoms with E-state index in [4.69, 9.17) is 34.6 Å². The van der Waals surface area contributed by atoms with E-state index in [-0.39, 0.29) is 72.3 Å². The van der Waals surface area contributed by atoms with Crippen molar-refractivity contribution in [3.05, 3.63) is 0 Å². The van der Waals surface area contributed by atoms with Gasteiger partial charge in [-0.1, -0.05) is 0 Å². The molecule has 0 aliphatic rings. The van der Waals surface area contributed by atoms with Crippen LogP contribution in [0.15, 0.2) is 0 Å². The van der Waals surface area contributed by atoms with E-state index in [0.717, 1.165) is 0 Å². The molecule has 0 atom stereocenters. The van der Waals surface area contributed by atoms with Crippen LogP contribution in [0.5, 0.6) is 0 Å². The molecule has 6 N–H and O–H groups in total. The molecule has 0 spiro atoms. The summed E-state index contributed by atoms with van der Waals surface area (Å²) in [4.78, 5) is 21.6. The largest absolute Gasteiger partial charge is 1.00 e. The van der Waals surface area contributed by atoms with E-state index >= 15 is 0 Å². The molecule has 13 heavy (non-hydrogen) atoms. The second-order valence-corrected chi connectivity index (χ2v) is 2.56. The predicted octanol–water partition coefficient (Wildman–Crippen LogP) is -8.59. The molecule has 0 rings (SSSR count). The van der Waals surface area contributed by atoms with E-state index in [0.29, 0.717) is 0 Å². The SMILES string of the molecule is O=P(O)(O)O.OCC(O)CO.[Na+].[Na+]. The molecule has 0 bridgehead atoms. The number of hydrogen-bond acceptors (Lipinski definition) is 4. The summed E-state index contributed by atoms with van der Waals surface area (Å²) in [6, 6.07) is 0. The summed E-state index contributed by atoms with van der Waals surface area (Å²) in [7, 11) is -4.64. The fourth-order valence-electron chi connectivity index (χ4n) is 0.0577. The van der Waals surface area contributed by atoms with Crippen LogP contribution in [-0.4, -0.2) is 49.3 Å². The third kappa shape index (κ3) is 56.1. The quantitative estimate of drug-likeness (QED) is 0.207. The number of aliphatic hydroxyl groups is 3. The van der Waals surface area contributed by atoms with Crippen LogP contribution in [0.2, 0.25) is 0 Å². The van der Waals surface area contributed by atoms with Crippen LogP contribution in [0, 0.1) is 0 Å². The van der Waals surface area contributed by atoms with Crippen LogP contribution < -0.4 is 59.1 Å². The molecule has 7 nitrogen and oxygen atoms in total. The molecule has 0 unspecified atom stereocenters. The summed E-state index contributed by atoms with van der Waals surface area (Å²) in [5.41, 5.74) is 0. The van der Waals surface area contributed by atoms with Gasteiger partial charge in [-0.25, -0.2) is 4.57 Å². The first-order chi connectivity index (χ1) is 4.81. The number of phosphoric acid groups is 1. The normalized spacial score (nSPS) is 9.15. The second kappa shape index (κ2) is 14.0. The summed E-state index contributed by atoms with van der Waals surface area (Å²) in [6.45, 7) is -0.729. The molecule has 10 heteroatoms. The van der Waals surface area contributed by atoms with Gasteiger partial charge in [0.15, 0.2) is 0 Å². The summed E-state index contributed by atoms with van der Waals surface area (Å²) >= 11 is 0. The van der Waals surface area contributed by atoms with Gasteiger partial charge in [-0.15, -0.1) is 0 Å². The van der Waals surface area contributed by atoms with Crippen molar-refractivity contribution in [1.29, 1.82) is 0 Å². The number of hydrogen-bond donors (Lipinski definition) is 6. The summed E-state index contributed by atoms with van der Waals surface area (Å²) in [6.07, 6.45) is -0.954. The van der Waals surface area contributed by atoms with Crippen LogP contribution in [-0.2, 0) is 4.57 Å². The van der Waals surface area contributed by atoms with Gasteiger partial charge in [0.25, 0.3) is 0 Å². The Balaban J connectivity index is -0.0000000546. The van der Waals surface area contributed by atoms with Crippen molar-refractivity contribution in [3.8, 4) is 0 Å². The molecule has 0 aliphatic heterocycles. The Kier molecular flexibility index (Phi) is 26.1. The van der Waals surface area contributed by atoms with Crippen molar-refractivity contribution < 1.29 is 93.7 Å². The summed E-state index contributed by atoms with van der Waals surface area (Å²) in [5.74, 6) is 0. The Bertz CT molecular complexity index is 115. The first kappa shape index (κ1) is 24.3. The van der Waals surface area contributed by atoms with Crippen molar-refractivity contribution >= 4 is 7.82 Å². The van der Waals surface area contributed by atoms with Crippen LogP contribution in [0.1, 0.15) is 0 Å². The zero-order valence-electron chi connectivity index (χ0n) is 7.53. The van der Waals surface area contributed by atoms with Crippen molar-refractivity contribution in [2.75, 3.05) is 13.2 Å². The third-order valence-corrected chi connectivity index (χ3v) is 0.421. The maximum Gasteiger partial charge on any atom is 1.00 e. The Morgan fingerprint density at radius 1 is 1.00 bits per heavy atom. The van der Waals surface area contributed by atoms with Gasteiger partial charge in [-0.05, 0) is 0 Å². The zero-order valence-corrected chi connectivity index (χ0v) is 12.4. The molecular formula is C3H11Na2O7P+2. The fraction of sp³-hybridized carbons (Fsp3) is 1.00. The van der Waals surface area contributed by atoms with Gasteiger partial charge in [0.2, 0.25) is 0 Å². The molecule has 0 aromatic carbocycles. The van der Waals surface area contributed by atoms with Gasteiger partial charge in [0.05, 0.1) is 13.2 Å². The van der Waals surface area contributed by atoms with Gasteiger partial charge in [-0.2, -0.15) is 0 Å². The first-order valence-corrected chi connectivity index (χ1v) is 4.05. The molecule has 0 saturated heterocycles. The van der Waals surface area contributed by atoms with Crippen LogP contribution in [0.3, 0.4) is 0 Å². The molecule has 0 aromatic rings. The molecule has 0 saturated carbocycles. The molecule has 0 fully saturated rings. The number of aliphatic hydroxyl groups excluding tert-OH is 3. The fourth-order valence-corrected chi connectivity index (χ4v) is 0.0577. The minimum Gasteiger partial charge on any atom is -0.394 e. The topological polar surface area (TPSA) is 138 Å². The summed E-state index contributed by atoms with van der Waals surface area (Å²) < 4.78 is 8.88. The van der Waals surface area contributed by atoms with E-state index in [1.165, 1.54) is 0 Å². The second-order valence-electron chi connectivity index (χ2n) is 1.53. The van der Waals surface area contributed by atoms with E-state index < -0.39 is 13.9 Å². The molecule has 0 heterocycles. The van der Waals surface area contributed by atoms with Gasteiger partial charge in [0.1, 0.15) is 6.10 Å². The van der Waals surface area contributed by atoms with E-state index in [9.17, 15) is 0 Å². The Morgan fingerprint density at radius 2 is 1.15 bits per heavy atom. The Morgan fingerprint density at radius 3 is 1.15 bits per heavy atom. The Labute approximate surface area is 120 Å². The standard InChI is InChI=1S/C3H8O3.2Na.H3O4P/c4-1-3(6)2-5;;;1-5(2,3)4/h3-6H,1-2H2;;;(H3,1,2,3,4)/q;2*+1;. The number of rotatable bonds is 2. The van der Waals surface area contributed by atoms with Crippen molar-refractivity contribution in [3.63, 3.8) is 0 Å². The van der Waals surface area contributed by atoms with Crippen molar-refractivity contribution in [2.24, 2.45) is 0 Å². The molecular weight excluding hydrogens is 225 g/mol. The molecule has 0 radical (unpaired) electrons. The smallest absolute Gasteiger partial charge is 0.394 e. The maximum absolute atomic E-state index is 8.88.